The van der Waals surface area contributed by atoms with Gasteiger partial charge in [0.2, 0.25) is 5.95 Å². The van der Waals surface area contributed by atoms with E-state index in [-0.39, 0.29) is 23.5 Å². The van der Waals surface area contributed by atoms with Gasteiger partial charge in [-0.2, -0.15) is 0 Å². The van der Waals surface area contributed by atoms with Crippen LogP contribution in [0.3, 0.4) is 0 Å². The van der Waals surface area contributed by atoms with Crippen molar-refractivity contribution in [1.82, 2.24) is 14.9 Å². The van der Waals surface area contributed by atoms with E-state index in [4.69, 9.17) is 0 Å². The maximum atomic E-state index is 12.8. The van der Waals surface area contributed by atoms with E-state index in [0.717, 1.165) is 5.56 Å². The third-order valence-corrected chi connectivity index (χ3v) is 6.47. The first kappa shape index (κ1) is 19.3. The van der Waals surface area contributed by atoms with E-state index in [1.54, 1.807) is 24.2 Å². The molecule has 1 aliphatic heterocycles. The largest absolute Gasteiger partial charge is 0.337 e. The Hall–Kier alpha value is -2.48. The molecule has 1 atom stereocenters. The minimum absolute atomic E-state index is 0.107. The van der Waals surface area contributed by atoms with Crippen LogP contribution in [-0.2, 0) is 16.4 Å². The summed E-state index contributed by atoms with van der Waals surface area (Å²) in [7, 11) is -1.27. The van der Waals surface area contributed by atoms with E-state index in [1.165, 1.54) is 0 Å². The van der Waals surface area contributed by atoms with Crippen molar-refractivity contribution >= 4 is 21.7 Å². The number of amides is 1. The van der Waals surface area contributed by atoms with Crippen LogP contribution in [0.5, 0.6) is 0 Å². The maximum Gasteiger partial charge on any atom is 0.272 e. The summed E-state index contributed by atoms with van der Waals surface area (Å²) < 4.78 is 23.6. The molecule has 7 nitrogen and oxygen atoms in total. The highest BCUT2D eigenvalue weighted by atomic mass is 32.2. The standard InChI is InChI=1S/C19H24N4O3S/c1-3-23(16-10-12-27(25,26)14-16)19-20-11-9-17(21-19)18(24)22(2)13-15-7-5-4-6-8-15/h4-9,11,16H,3,10,12-14H2,1-2H3. The van der Waals surface area contributed by atoms with Crippen LogP contribution in [0.1, 0.15) is 29.4 Å². The number of nitrogens with zero attached hydrogens (tertiary/aromatic N) is 4. The number of rotatable bonds is 6. The molecular weight excluding hydrogens is 364 g/mol. The summed E-state index contributed by atoms with van der Waals surface area (Å²) >= 11 is 0. The van der Waals surface area contributed by atoms with Gasteiger partial charge in [0.15, 0.2) is 9.84 Å². The molecule has 0 spiro atoms. The molecule has 3 rings (SSSR count). The number of benzene rings is 1. The van der Waals surface area contributed by atoms with Gasteiger partial charge >= 0.3 is 0 Å². The number of carbonyl (C=O) groups excluding carboxylic acids is 1. The van der Waals surface area contributed by atoms with Crippen LogP contribution in [0.4, 0.5) is 5.95 Å². The van der Waals surface area contributed by atoms with Crippen molar-refractivity contribution in [2.24, 2.45) is 0 Å². The van der Waals surface area contributed by atoms with Gasteiger partial charge in [-0.3, -0.25) is 4.79 Å². The molecule has 0 bridgehead atoms. The van der Waals surface area contributed by atoms with Crippen molar-refractivity contribution in [1.29, 1.82) is 0 Å². The average Bonchev–Trinajstić information content (AvgIpc) is 3.02. The molecule has 144 valence electrons. The van der Waals surface area contributed by atoms with Crippen molar-refractivity contribution in [2.45, 2.75) is 25.9 Å². The first-order valence-electron chi connectivity index (χ1n) is 8.99. The molecule has 1 saturated heterocycles. The zero-order valence-corrected chi connectivity index (χ0v) is 16.4. The zero-order valence-electron chi connectivity index (χ0n) is 15.6. The lowest BCUT2D eigenvalue weighted by Gasteiger charge is -2.27. The molecular formula is C19H24N4O3S. The number of sulfone groups is 1. The normalized spacial score (nSPS) is 18.2. The summed E-state index contributed by atoms with van der Waals surface area (Å²) in [6.45, 7) is 3.00. The van der Waals surface area contributed by atoms with Gasteiger partial charge in [-0.15, -0.1) is 0 Å². The Morgan fingerprint density at radius 3 is 2.59 bits per heavy atom. The quantitative estimate of drug-likeness (QED) is 0.750. The molecule has 0 saturated carbocycles. The highest BCUT2D eigenvalue weighted by Crippen LogP contribution is 2.21. The van der Waals surface area contributed by atoms with Crippen LogP contribution >= 0.6 is 0 Å². The van der Waals surface area contributed by atoms with Crippen LogP contribution in [0.25, 0.3) is 0 Å². The highest BCUT2D eigenvalue weighted by Gasteiger charge is 2.33. The fourth-order valence-electron chi connectivity index (χ4n) is 3.31. The van der Waals surface area contributed by atoms with E-state index >= 15 is 0 Å². The Morgan fingerprint density at radius 1 is 1.22 bits per heavy atom. The summed E-state index contributed by atoms with van der Waals surface area (Å²) in [4.78, 5) is 24.9. The molecule has 1 aromatic carbocycles. The molecule has 1 amide bonds. The van der Waals surface area contributed by atoms with Crippen molar-refractivity contribution in [3.8, 4) is 0 Å². The van der Waals surface area contributed by atoms with Gasteiger partial charge in [-0.05, 0) is 25.0 Å². The Labute approximate surface area is 160 Å². The maximum absolute atomic E-state index is 12.8. The van der Waals surface area contributed by atoms with Gasteiger partial charge < -0.3 is 9.80 Å². The van der Waals surface area contributed by atoms with Gasteiger partial charge in [0, 0.05) is 32.4 Å². The van der Waals surface area contributed by atoms with Gasteiger partial charge in [0.1, 0.15) is 5.69 Å². The predicted molar refractivity (Wildman–Crippen MR) is 104 cm³/mol. The fraction of sp³-hybridized carbons (Fsp3) is 0.421. The molecule has 0 aliphatic carbocycles. The molecule has 27 heavy (non-hydrogen) atoms. The lowest BCUT2D eigenvalue weighted by Crippen LogP contribution is -2.38. The summed E-state index contributed by atoms with van der Waals surface area (Å²) in [5.74, 6) is 0.499. The molecule has 1 aliphatic rings. The van der Waals surface area contributed by atoms with Crippen LogP contribution in [-0.4, -0.2) is 60.3 Å². The molecule has 1 unspecified atom stereocenters. The SMILES string of the molecule is CCN(c1nccc(C(=O)N(C)Cc2ccccc2)n1)C1CCS(=O)(=O)C1. The van der Waals surface area contributed by atoms with Crippen LogP contribution in [0, 0.1) is 0 Å². The second-order valence-electron chi connectivity index (χ2n) is 6.73. The molecule has 2 aromatic rings. The molecule has 2 heterocycles. The summed E-state index contributed by atoms with van der Waals surface area (Å²) in [5, 5.41) is 0. The van der Waals surface area contributed by atoms with Crippen molar-refractivity contribution in [2.75, 3.05) is 30.0 Å². The van der Waals surface area contributed by atoms with Gasteiger partial charge in [-0.25, -0.2) is 18.4 Å². The Morgan fingerprint density at radius 2 is 1.96 bits per heavy atom. The van der Waals surface area contributed by atoms with E-state index in [0.29, 0.717) is 31.2 Å². The summed E-state index contributed by atoms with van der Waals surface area (Å²) in [6, 6.07) is 11.2. The number of hydrogen-bond donors (Lipinski definition) is 0. The number of aromatic nitrogens is 2. The van der Waals surface area contributed by atoms with E-state index in [9.17, 15) is 13.2 Å². The highest BCUT2D eigenvalue weighted by molar-refractivity contribution is 7.91. The van der Waals surface area contributed by atoms with Crippen LogP contribution < -0.4 is 4.90 Å². The Kier molecular flexibility index (Phi) is 5.74. The second-order valence-corrected chi connectivity index (χ2v) is 8.96. The van der Waals surface area contributed by atoms with Gasteiger partial charge in [-0.1, -0.05) is 30.3 Å². The fourth-order valence-corrected chi connectivity index (χ4v) is 5.05. The van der Waals surface area contributed by atoms with Crippen LogP contribution in [0.2, 0.25) is 0 Å². The van der Waals surface area contributed by atoms with Crippen molar-refractivity contribution in [3.63, 3.8) is 0 Å². The summed E-state index contributed by atoms with van der Waals surface area (Å²) in [5.41, 5.74) is 1.34. The Bertz CT molecular complexity index is 902. The van der Waals surface area contributed by atoms with E-state index < -0.39 is 9.84 Å². The first-order chi connectivity index (χ1) is 12.9. The number of anilines is 1. The topological polar surface area (TPSA) is 83.5 Å². The van der Waals surface area contributed by atoms with Gasteiger partial charge in [0.25, 0.3) is 5.91 Å². The number of carbonyl (C=O) groups is 1. The van der Waals surface area contributed by atoms with Gasteiger partial charge in [0.05, 0.1) is 11.5 Å². The number of hydrogen-bond acceptors (Lipinski definition) is 6. The molecule has 1 fully saturated rings. The monoisotopic (exact) mass is 388 g/mol. The lowest BCUT2D eigenvalue weighted by molar-refractivity contribution is 0.0779. The molecule has 1 aromatic heterocycles. The van der Waals surface area contributed by atoms with E-state index in [1.807, 2.05) is 42.2 Å². The average molecular weight is 388 g/mol. The van der Waals surface area contributed by atoms with Crippen LogP contribution in [0.15, 0.2) is 42.6 Å². The Balaban J connectivity index is 1.76. The smallest absolute Gasteiger partial charge is 0.272 e. The first-order valence-corrected chi connectivity index (χ1v) is 10.8. The zero-order chi connectivity index (χ0) is 19.4. The predicted octanol–water partition coefficient (Wildman–Crippen LogP) is 1.76. The molecule has 0 radical (unpaired) electrons. The minimum Gasteiger partial charge on any atom is -0.337 e. The molecule has 0 N–H and O–H groups in total. The third kappa shape index (κ3) is 4.63. The van der Waals surface area contributed by atoms with Crippen molar-refractivity contribution in [3.05, 3.63) is 53.9 Å². The third-order valence-electron chi connectivity index (χ3n) is 4.72. The van der Waals surface area contributed by atoms with E-state index in [2.05, 4.69) is 9.97 Å². The lowest BCUT2D eigenvalue weighted by atomic mass is 10.2. The minimum atomic E-state index is -3.01. The van der Waals surface area contributed by atoms with Crippen molar-refractivity contribution < 1.29 is 13.2 Å². The molecule has 8 heteroatoms. The second kappa shape index (κ2) is 8.04. The summed E-state index contributed by atoms with van der Waals surface area (Å²) in [6.07, 6.45) is 2.11.